The van der Waals surface area contributed by atoms with Crippen LogP contribution in [-0.2, 0) is 6.42 Å². The second kappa shape index (κ2) is 7.19. The second-order valence-corrected chi connectivity index (χ2v) is 6.88. The summed E-state index contributed by atoms with van der Waals surface area (Å²) in [6.45, 7) is 3.77. The number of benzene rings is 1. The highest BCUT2D eigenvalue weighted by Gasteiger charge is 2.22. The highest BCUT2D eigenvalue weighted by molar-refractivity contribution is 5.89. The minimum absolute atomic E-state index is 0.158. The van der Waals surface area contributed by atoms with Gasteiger partial charge in [0.05, 0.1) is 6.20 Å². The van der Waals surface area contributed by atoms with Gasteiger partial charge in [-0.15, -0.1) is 0 Å². The van der Waals surface area contributed by atoms with E-state index in [4.69, 9.17) is 4.74 Å². The van der Waals surface area contributed by atoms with Gasteiger partial charge in [-0.05, 0) is 43.5 Å². The van der Waals surface area contributed by atoms with Gasteiger partial charge in [-0.25, -0.2) is 9.78 Å². The molecule has 1 atom stereocenters. The van der Waals surface area contributed by atoms with Crippen molar-refractivity contribution in [1.29, 1.82) is 0 Å². The smallest absolute Gasteiger partial charge is 0.319 e. The molecule has 2 N–H and O–H groups in total. The number of aromatic nitrogens is 2. The molecule has 1 unspecified atom stereocenters. The summed E-state index contributed by atoms with van der Waals surface area (Å²) < 4.78 is 5.69. The van der Waals surface area contributed by atoms with Crippen LogP contribution in [-0.4, -0.2) is 41.2 Å². The lowest BCUT2D eigenvalue weighted by molar-refractivity contribution is 0.246. The zero-order chi connectivity index (χ0) is 17.9. The summed E-state index contributed by atoms with van der Waals surface area (Å²) in [5.74, 6) is 1.81. The largest absolute Gasteiger partial charge is 0.490 e. The number of hydrogen-bond donors (Lipinski definition) is 2. The fourth-order valence-corrected chi connectivity index (χ4v) is 3.56. The second-order valence-electron chi connectivity index (χ2n) is 6.88. The standard InChI is InChI=1S/C19H23N5O2/c1-13-10-14-11-16(2-3-17(14)26-13)23-19(25)22-15-4-8-24(9-5-15)18-12-20-6-7-21-18/h2-3,6-7,11-13,15H,4-5,8-10H2,1H3,(H2,22,23,25). The number of ether oxygens (including phenoxy) is 1. The molecule has 0 radical (unpaired) electrons. The van der Waals surface area contributed by atoms with Crippen LogP contribution in [0, 0.1) is 0 Å². The first-order valence-corrected chi connectivity index (χ1v) is 9.05. The Hall–Kier alpha value is -2.83. The van der Waals surface area contributed by atoms with Crippen molar-refractivity contribution >= 4 is 17.5 Å². The first kappa shape index (κ1) is 16.6. The number of nitrogens with zero attached hydrogens (tertiary/aromatic N) is 3. The molecule has 136 valence electrons. The third-order valence-electron chi connectivity index (χ3n) is 4.86. The summed E-state index contributed by atoms with van der Waals surface area (Å²) in [5, 5.41) is 6.01. The maximum absolute atomic E-state index is 12.3. The van der Waals surface area contributed by atoms with Crippen LogP contribution in [0.5, 0.6) is 5.75 Å². The Morgan fingerprint density at radius 2 is 2.12 bits per heavy atom. The van der Waals surface area contributed by atoms with Crippen LogP contribution in [0.1, 0.15) is 25.3 Å². The first-order chi connectivity index (χ1) is 12.7. The van der Waals surface area contributed by atoms with E-state index in [0.717, 1.165) is 55.2 Å². The zero-order valence-electron chi connectivity index (χ0n) is 14.8. The van der Waals surface area contributed by atoms with Crippen molar-refractivity contribution in [2.75, 3.05) is 23.3 Å². The van der Waals surface area contributed by atoms with Crippen LogP contribution >= 0.6 is 0 Å². The summed E-state index contributed by atoms with van der Waals surface area (Å²) >= 11 is 0. The summed E-state index contributed by atoms with van der Waals surface area (Å²) in [6.07, 6.45) is 8.02. The minimum atomic E-state index is -0.158. The van der Waals surface area contributed by atoms with E-state index in [1.165, 1.54) is 0 Å². The Kier molecular flexibility index (Phi) is 4.60. The van der Waals surface area contributed by atoms with E-state index in [1.807, 2.05) is 25.1 Å². The van der Waals surface area contributed by atoms with Gasteiger partial charge in [0.1, 0.15) is 17.7 Å². The molecule has 2 aromatic rings. The van der Waals surface area contributed by atoms with Gasteiger partial charge in [-0.3, -0.25) is 4.98 Å². The number of fused-ring (bicyclic) bond motifs is 1. The summed E-state index contributed by atoms with van der Waals surface area (Å²) in [5.41, 5.74) is 1.95. The number of carbonyl (C=O) groups is 1. The monoisotopic (exact) mass is 353 g/mol. The summed E-state index contributed by atoms with van der Waals surface area (Å²) in [4.78, 5) is 22.9. The van der Waals surface area contributed by atoms with Crippen LogP contribution in [0.15, 0.2) is 36.8 Å². The molecule has 1 aromatic carbocycles. The number of carbonyl (C=O) groups excluding carboxylic acids is 1. The molecule has 2 amide bonds. The topological polar surface area (TPSA) is 79.4 Å². The number of urea groups is 1. The molecular formula is C19H23N5O2. The van der Waals surface area contributed by atoms with Crippen LogP contribution in [0.3, 0.4) is 0 Å². The maximum Gasteiger partial charge on any atom is 0.319 e. The van der Waals surface area contributed by atoms with E-state index in [2.05, 4.69) is 25.5 Å². The van der Waals surface area contributed by atoms with E-state index in [9.17, 15) is 4.79 Å². The van der Waals surface area contributed by atoms with Crippen LogP contribution in [0.2, 0.25) is 0 Å². The van der Waals surface area contributed by atoms with Crippen molar-refractivity contribution in [3.05, 3.63) is 42.4 Å². The van der Waals surface area contributed by atoms with Crippen LogP contribution < -0.4 is 20.3 Å². The molecule has 2 aliphatic rings. The molecule has 1 saturated heterocycles. The van der Waals surface area contributed by atoms with Gasteiger partial charge in [0, 0.05) is 43.6 Å². The molecule has 3 heterocycles. The summed E-state index contributed by atoms with van der Waals surface area (Å²) in [7, 11) is 0. The minimum Gasteiger partial charge on any atom is -0.490 e. The molecule has 7 nitrogen and oxygen atoms in total. The average Bonchev–Trinajstić information content (AvgIpc) is 3.02. The molecule has 0 saturated carbocycles. The highest BCUT2D eigenvalue weighted by Crippen LogP contribution is 2.30. The lowest BCUT2D eigenvalue weighted by Crippen LogP contribution is -2.46. The number of hydrogen-bond acceptors (Lipinski definition) is 5. The lowest BCUT2D eigenvalue weighted by Gasteiger charge is -2.32. The van der Waals surface area contributed by atoms with Gasteiger partial charge in [-0.1, -0.05) is 0 Å². The van der Waals surface area contributed by atoms with Crippen molar-refractivity contribution < 1.29 is 9.53 Å². The Morgan fingerprint density at radius 1 is 1.27 bits per heavy atom. The first-order valence-electron chi connectivity index (χ1n) is 9.05. The van der Waals surface area contributed by atoms with Crippen molar-refractivity contribution in [2.24, 2.45) is 0 Å². The summed E-state index contributed by atoms with van der Waals surface area (Å²) in [6, 6.07) is 5.81. The molecule has 7 heteroatoms. The predicted molar refractivity (Wildman–Crippen MR) is 99.7 cm³/mol. The van der Waals surface area contributed by atoms with E-state index in [0.29, 0.717) is 0 Å². The van der Waals surface area contributed by atoms with Crippen LogP contribution in [0.4, 0.5) is 16.3 Å². The van der Waals surface area contributed by atoms with Gasteiger partial charge in [0.2, 0.25) is 0 Å². The normalized spacial score (nSPS) is 19.6. The van der Waals surface area contributed by atoms with Gasteiger partial charge in [0.25, 0.3) is 0 Å². The molecule has 4 rings (SSSR count). The molecule has 0 aliphatic carbocycles. The Balaban J connectivity index is 1.28. The van der Waals surface area contributed by atoms with E-state index in [-0.39, 0.29) is 18.2 Å². The van der Waals surface area contributed by atoms with Gasteiger partial charge >= 0.3 is 6.03 Å². The molecule has 0 bridgehead atoms. The van der Waals surface area contributed by atoms with Crippen molar-refractivity contribution in [3.63, 3.8) is 0 Å². The quantitative estimate of drug-likeness (QED) is 0.887. The van der Waals surface area contributed by atoms with E-state index >= 15 is 0 Å². The van der Waals surface area contributed by atoms with Crippen LogP contribution in [0.25, 0.3) is 0 Å². The molecule has 1 fully saturated rings. The van der Waals surface area contributed by atoms with Crippen molar-refractivity contribution in [2.45, 2.75) is 38.3 Å². The molecule has 26 heavy (non-hydrogen) atoms. The fourth-order valence-electron chi connectivity index (χ4n) is 3.56. The number of rotatable bonds is 3. The Bertz CT molecular complexity index is 775. The van der Waals surface area contributed by atoms with Gasteiger partial charge in [-0.2, -0.15) is 0 Å². The zero-order valence-corrected chi connectivity index (χ0v) is 14.8. The Labute approximate surface area is 152 Å². The number of amides is 2. The number of anilines is 2. The maximum atomic E-state index is 12.3. The fraction of sp³-hybridized carbons (Fsp3) is 0.421. The highest BCUT2D eigenvalue weighted by atomic mass is 16.5. The average molecular weight is 353 g/mol. The Morgan fingerprint density at radius 3 is 2.88 bits per heavy atom. The SMILES string of the molecule is CC1Cc2cc(NC(=O)NC3CCN(c4cnccn4)CC3)ccc2O1. The van der Waals surface area contributed by atoms with Crippen molar-refractivity contribution in [3.8, 4) is 5.75 Å². The molecule has 2 aliphatic heterocycles. The van der Waals surface area contributed by atoms with E-state index < -0.39 is 0 Å². The molecule has 1 aromatic heterocycles. The number of piperidine rings is 1. The molecule has 0 spiro atoms. The third-order valence-corrected chi connectivity index (χ3v) is 4.86. The predicted octanol–water partition coefficient (Wildman–Crippen LogP) is 2.59. The van der Waals surface area contributed by atoms with Gasteiger partial charge < -0.3 is 20.3 Å². The lowest BCUT2D eigenvalue weighted by atomic mass is 10.1. The molecular weight excluding hydrogens is 330 g/mol. The number of nitrogens with one attached hydrogen (secondary N) is 2. The van der Waals surface area contributed by atoms with Crippen molar-refractivity contribution in [1.82, 2.24) is 15.3 Å². The third kappa shape index (κ3) is 3.71. The van der Waals surface area contributed by atoms with Gasteiger partial charge in [0.15, 0.2) is 0 Å². The van der Waals surface area contributed by atoms with E-state index in [1.54, 1.807) is 18.6 Å².